The Labute approximate surface area is 116 Å². The highest BCUT2D eigenvalue weighted by Crippen LogP contribution is 2.08. The van der Waals surface area contributed by atoms with Gasteiger partial charge < -0.3 is 10.6 Å². The Kier molecular flexibility index (Phi) is 4.85. The number of anilines is 1. The van der Waals surface area contributed by atoms with Crippen LogP contribution in [0.3, 0.4) is 0 Å². The number of carbonyl (C=O) groups is 1. The van der Waals surface area contributed by atoms with Gasteiger partial charge in [-0.05, 0) is 30.0 Å². The Morgan fingerprint density at radius 3 is 2.84 bits per heavy atom. The van der Waals surface area contributed by atoms with Crippen molar-refractivity contribution in [1.29, 1.82) is 0 Å². The molecule has 0 saturated carbocycles. The summed E-state index contributed by atoms with van der Waals surface area (Å²) in [6.45, 7) is 3.44. The molecule has 0 aliphatic rings. The van der Waals surface area contributed by atoms with E-state index < -0.39 is 0 Å². The topological polar surface area (TPSA) is 66.9 Å². The van der Waals surface area contributed by atoms with Crippen LogP contribution in [0, 0.1) is 0 Å². The molecule has 0 aliphatic carbocycles. The van der Waals surface area contributed by atoms with Gasteiger partial charge in [0, 0.05) is 11.4 Å². The summed E-state index contributed by atoms with van der Waals surface area (Å²) in [5, 5.41) is 15.8. The van der Waals surface area contributed by atoms with Crippen LogP contribution < -0.4 is 10.6 Å². The van der Waals surface area contributed by atoms with Crippen molar-refractivity contribution in [2.24, 2.45) is 0 Å². The van der Waals surface area contributed by atoms with E-state index in [2.05, 4.69) is 27.8 Å². The quantitative estimate of drug-likeness (QED) is 0.849. The smallest absolute Gasteiger partial charge is 0.272 e. The maximum atomic E-state index is 11.8. The van der Waals surface area contributed by atoms with Gasteiger partial charge in [0.25, 0.3) is 5.91 Å². The molecule has 0 radical (unpaired) electrons. The minimum Gasteiger partial charge on any atom is -0.369 e. The fourth-order valence-electron chi connectivity index (χ4n) is 1.47. The summed E-state index contributed by atoms with van der Waals surface area (Å²) in [6.07, 6.45) is 1.02. The summed E-state index contributed by atoms with van der Waals surface area (Å²) in [7, 11) is 0. The number of nitrogens with zero attached hydrogens (tertiary/aromatic N) is 2. The summed E-state index contributed by atoms with van der Waals surface area (Å²) in [4.78, 5) is 12.9. The van der Waals surface area contributed by atoms with Gasteiger partial charge in [-0.2, -0.15) is 0 Å². The predicted octanol–water partition coefficient (Wildman–Crippen LogP) is 2.29. The first-order valence-electron chi connectivity index (χ1n) is 6.17. The zero-order chi connectivity index (χ0) is 13.5. The van der Waals surface area contributed by atoms with Crippen LogP contribution in [0.5, 0.6) is 0 Å². The second-order valence-electron chi connectivity index (χ2n) is 3.99. The minimum absolute atomic E-state index is 0.206. The van der Waals surface area contributed by atoms with Crippen LogP contribution in [0.25, 0.3) is 0 Å². The zero-order valence-corrected chi connectivity index (χ0v) is 11.5. The minimum atomic E-state index is -0.206. The highest BCUT2D eigenvalue weighted by Gasteiger charge is 2.07. The highest BCUT2D eigenvalue weighted by atomic mass is 32.1. The number of hydrogen-bond acceptors (Lipinski definition) is 5. The van der Waals surface area contributed by atoms with Crippen LogP contribution in [0.1, 0.15) is 28.7 Å². The van der Waals surface area contributed by atoms with Gasteiger partial charge in [0.2, 0.25) is 0 Å². The Bertz CT molecular complexity index is 510. The van der Waals surface area contributed by atoms with Crippen LogP contribution in [0.15, 0.2) is 29.6 Å². The third kappa shape index (κ3) is 4.03. The summed E-state index contributed by atoms with van der Waals surface area (Å²) in [5.74, 6) is 0.486. The van der Waals surface area contributed by atoms with E-state index in [1.54, 1.807) is 23.5 Å². The molecule has 0 unspecified atom stereocenters. The Hall–Kier alpha value is -1.95. The van der Waals surface area contributed by atoms with Crippen LogP contribution >= 0.6 is 11.3 Å². The van der Waals surface area contributed by atoms with Crippen LogP contribution in [-0.2, 0) is 6.54 Å². The molecule has 0 aliphatic heterocycles. The van der Waals surface area contributed by atoms with Crippen molar-refractivity contribution in [2.45, 2.75) is 19.9 Å². The largest absolute Gasteiger partial charge is 0.369 e. The highest BCUT2D eigenvalue weighted by molar-refractivity contribution is 7.09. The average Bonchev–Trinajstić information content (AvgIpc) is 2.96. The molecule has 2 aromatic heterocycles. The monoisotopic (exact) mass is 276 g/mol. The number of nitrogens with one attached hydrogen (secondary N) is 2. The Balaban J connectivity index is 1.88. The number of aromatic nitrogens is 2. The van der Waals surface area contributed by atoms with Crippen molar-refractivity contribution >= 4 is 23.1 Å². The van der Waals surface area contributed by atoms with Gasteiger partial charge in [-0.3, -0.25) is 4.79 Å². The molecule has 100 valence electrons. The summed E-state index contributed by atoms with van der Waals surface area (Å²) < 4.78 is 0. The average molecular weight is 276 g/mol. The summed E-state index contributed by atoms with van der Waals surface area (Å²) >= 11 is 1.61. The molecular formula is C13H16N4OS. The normalized spacial score (nSPS) is 10.2. The lowest BCUT2D eigenvalue weighted by atomic mass is 10.3. The van der Waals surface area contributed by atoms with Gasteiger partial charge in [0.15, 0.2) is 5.69 Å². The molecule has 2 N–H and O–H groups in total. The first-order chi connectivity index (χ1) is 9.29. The molecule has 0 bridgehead atoms. The molecule has 0 saturated heterocycles. The standard InChI is InChI=1S/C13H16N4OS/c1-2-7-14-12-6-5-11(16-17-12)13(18)15-9-10-4-3-8-19-10/h3-6,8H,2,7,9H2,1H3,(H,14,17)(H,15,18). The van der Waals surface area contributed by atoms with E-state index in [-0.39, 0.29) is 5.91 Å². The van der Waals surface area contributed by atoms with Crippen molar-refractivity contribution in [3.63, 3.8) is 0 Å². The van der Waals surface area contributed by atoms with Crippen molar-refractivity contribution < 1.29 is 4.79 Å². The molecule has 0 atom stereocenters. The number of carbonyl (C=O) groups excluding carboxylic acids is 1. The maximum absolute atomic E-state index is 11.8. The number of thiophene rings is 1. The van der Waals surface area contributed by atoms with Crippen LogP contribution in [0.4, 0.5) is 5.82 Å². The maximum Gasteiger partial charge on any atom is 0.272 e. The van der Waals surface area contributed by atoms with Crippen LogP contribution in [0.2, 0.25) is 0 Å². The third-order valence-electron chi connectivity index (χ3n) is 2.46. The molecule has 2 heterocycles. The molecule has 2 aromatic rings. The van der Waals surface area contributed by atoms with Gasteiger partial charge in [-0.25, -0.2) is 0 Å². The summed E-state index contributed by atoms with van der Waals surface area (Å²) in [5.41, 5.74) is 0.332. The summed E-state index contributed by atoms with van der Waals surface area (Å²) in [6, 6.07) is 7.38. The van der Waals surface area contributed by atoms with E-state index in [1.807, 2.05) is 17.5 Å². The third-order valence-corrected chi connectivity index (χ3v) is 3.33. The zero-order valence-electron chi connectivity index (χ0n) is 10.7. The molecule has 19 heavy (non-hydrogen) atoms. The molecule has 2 rings (SSSR count). The Morgan fingerprint density at radius 1 is 1.32 bits per heavy atom. The molecule has 0 spiro atoms. The van der Waals surface area contributed by atoms with Gasteiger partial charge >= 0.3 is 0 Å². The van der Waals surface area contributed by atoms with Crippen molar-refractivity contribution in [2.75, 3.05) is 11.9 Å². The Morgan fingerprint density at radius 2 is 2.21 bits per heavy atom. The molecule has 6 heteroatoms. The lowest BCUT2D eigenvalue weighted by Gasteiger charge is -2.04. The second kappa shape index (κ2) is 6.84. The molecule has 1 amide bonds. The van der Waals surface area contributed by atoms with Gasteiger partial charge in [-0.1, -0.05) is 13.0 Å². The lowest BCUT2D eigenvalue weighted by molar-refractivity contribution is 0.0945. The van der Waals surface area contributed by atoms with E-state index in [0.29, 0.717) is 18.1 Å². The lowest BCUT2D eigenvalue weighted by Crippen LogP contribution is -2.23. The predicted molar refractivity (Wildman–Crippen MR) is 76.3 cm³/mol. The van der Waals surface area contributed by atoms with Gasteiger partial charge in [0.05, 0.1) is 6.54 Å². The number of rotatable bonds is 6. The fraction of sp³-hybridized carbons (Fsp3) is 0.308. The second-order valence-corrected chi connectivity index (χ2v) is 5.02. The number of hydrogen-bond donors (Lipinski definition) is 2. The van der Waals surface area contributed by atoms with E-state index >= 15 is 0 Å². The van der Waals surface area contributed by atoms with Crippen molar-refractivity contribution in [1.82, 2.24) is 15.5 Å². The molecular weight excluding hydrogens is 260 g/mol. The fourth-order valence-corrected chi connectivity index (χ4v) is 2.12. The van der Waals surface area contributed by atoms with E-state index in [1.165, 1.54) is 0 Å². The van der Waals surface area contributed by atoms with Crippen molar-refractivity contribution in [3.05, 3.63) is 40.2 Å². The van der Waals surface area contributed by atoms with Gasteiger partial charge in [-0.15, -0.1) is 21.5 Å². The first kappa shape index (κ1) is 13.5. The van der Waals surface area contributed by atoms with Crippen LogP contribution in [-0.4, -0.2) is 22.6 Å². The SMILES string of the molecule is CCCNc1ccc(C(=O)NCc2cccs2)nn1. The number of amides is 1. The van der Waals surface area contributed by atoms with Crippen molar-refractivity contribution in [3.8, 4) is 0 Å². The molecule has 5 nitrogen and oxygen atoms in total. The van der Waals surface area contributed by atoms with E-state index in [4.69, 9.17) is 0 Å². The van der Waals surface area contributed by atoms with E-state index in [9.17, 15) is 4.79 Å². The molecule has 0 aromatic carbocycles. The van der Waals surface area contributed by atoms with Gasteiger partial charge in [0.1, 0.15) is 5.82 Å². The van der Waals surface area contributed by atoms with E-state index in [0.717, 1.165) is 17.8 Å². The first-order valence-corrected chi connectivity index (χ1v) is 7.05. The molecule has 0 fully saturated rings.